The first-order valence-electron chi connectivity index (χ1n) is 6.59. The molecule has 0 saturated carbocycles. The Hall–Kier alpha value is -1.84. The van der Waals surface area contributed by atoms with Gasteiger partial charge in [-0.05, 0) is 19.1 Å². The van der Waals surface area contributed by atoms with E-state index in [1.807, 2.05) is 0 Å². The second kappa shape index (κ2) is 7.56. The van der Waals surface area contributed by atoms with Crippen molar-refractivity contribution in [2.24, 2.45) is 0 Å². The normalized spacial score (nSPS) is 16.6. The van der Waals surface area contributed by atoms with Gasteiger partial charge in [0.25, 0.3) is 0 Å². The second-order valence-electron chi connectivity index (χ2n) is 4.19. The van der Waals surface area contributed by atoms with Crippen LogP contribution in [0.25, 0.3) is 0 Å². The number of fused-ring (bicyclic) bond motifs is 1. The SMILES string of the molecule is CCC.CCOC(=O)C1CC(=O)c2ccccc2O1. The molecule has 1 aromatic carbocycles. The number of para-hydroxylation sites is 1. The van der Waals surface area contributed by atoms with E-state index in [2.05, 4.69) is 13.8 Å². The van der Waals surface area contributed by atoms with Crippen LogP contribution in [0.5, 0.6) is 5.75 Å². The topological polar surface area (TPSA) is 52.6 Å². The summed E-state index contributed by atoms with van der Waals surface area (Å²) < 4.78 is 10.2. The second-order valence-corrected chi connectivity index (χ2v) is 4.19. The average molecular weight is 264 g/mol. The zero-order chi connectivity index (χ0) is 14.3. The quantitative estimate of drug-likeness (QED) is 0.770. The van der Waals surface area contributed by atoms with Crippen molar-refractivity contribution in [3.63, 3.8) is 0 Å². The van der Waals surface area contributed by atoms with Crippen molar-refractivity contribution in [2.45, 2.75) is 39.7 Å². The molecule has 4 nitrogen and oxygen atoms in total. The van der Waals surface area contributed by atoms with Crippen LogP contribution < -0.4 is 4.74 Å². The molecule has 1 aliphatic rings. The summed E-state index contributed by atoms with van der Waals surface area (Å²) in [5.41, 5.74) is 0.531. The van der Waals surface area contributed by atoms with E-state index in [-0.39, 0.29) is 18.8 Å². The molecule has 1 unspecified atom stereocenters. The first-order chi connectivity index (χ1) is 9.13. The summed E-state index contributed by atoms with van der Waals surface area (Å²) in [6.07, 6.45) is 0.498. The van der Waals surface area contributed by atoms with Crippen molar-refractivity contribution in [3.05, 3.63) is 29.8 Å². The molecule has 0 aromatic heterocycles. The standard InChI is InChI=1S/C12H12O4.C3H8/c1-2-15-12(14)11-7-9(13)8-5-3-4-6-10(8)16-11;1-3-2/h3-6,11H,2,7H2,1H3;3H2,1-2H3. The highest BCUT2D eigenvalue weighted by Crippen LogP contribution is 2.27. The van der Waals surface area contributed by atoms with Crippen molar-refractivity contribution in [1.29, 1.82) is 0 Å². The maximum atomic E-state index is 11.7. The molecule has 0 bridgehead atoms. The van der Waals surface area contributed by atoms with E-state index in [1.54, 1.807) is 31.2 Å². The Morgan fingerprint density at radius 3 is 2.58 bits per heavy atom. The van der Waals surface area contributed by atoms with Gasteiger partial charge in [-0.15, -0.1) is 0 Å². The molecule has 1 aromatic rings. The van der Waals surface area contributed by atoms with Gasteiger partial charge in [0.2, 0.25) is 6.10 Å². The molecule has 1 atom stereocenters. The lowest BCUT2D eigenvalue weighted by molar-refractivity contribution is -0.151. The number of hydrogen-bond acceptors (Lipinski definition) is 4. The fraction of sp³-hybridized carbons (Fsp3) is 0.467. The van der Waals surface area contributed by atoms with Gasteiger partial charge < -0.3 is 9.47 Å². The lowest BCUT2D eigenvalue weighted by atomic mass is 10.0. The third-order valence-corrected chi connectivity index (χ3v) is 2.38. The van der Waals surface area contributed by atoms with E-state index in [4.69, 9.17) is 9.47 Å². The van der Waals surface area contributed by atoms with E-state index in [0.717, 1.165) is 0 Å². The maximum Gasteiger partial charge on any atom is 0.347 e. The lowest BCUT2D eigenvalue weighted by Gasteiger charge is -2.23. The molecule has 0 N–H and O–H groups in total. The van der Waals surface area contributed by atoms with Crippen molar-refractivity contribution in [3.8, 4) is 5.75 Å². The number of carbonyl (C=O) groups is 2. The van der Waals surface area contributed by atoms with E-state index in [0.29, 0.717) is 11.3 Å². The minimum Gasteiger partial charge on any atom is -0.477 e. The van der Waals surface area contributed by atoms with E-state index >= 15 is 0 Å². The van der Waals surface area contributed by atoms with Crippen LogP contribution in [0.3, 0.4) is 0 Å². The zero-order valence-corrected chi connectivity index (χ0v) is 11.6. The van der Waals surface area contributed by atoms with Crippen molar-refractivity contribution in [1.82, 2.24) is 0 Å². The number of carbonyl (C=O) groups excluding carboxylic acids is 2. The van der Waals surface area contributed by atoms with Gasteiger partial charge in [-0.2, -0.15) is 0 Å². The monoisotopic (exact) mass is 264 g/mol. The average Bonchev–Trinajstić information content (AvgIpc) is 2.40. The predicted molar refractivity (Wildman–Crippen MR) is 72.4 cm³/mol. The van der Waals surface area contributed by atoms with Gasteiger partial charge in [0.05, 0.1) is 18.6 Å². The van der Waals surface area contributed by atoms with Crippen molar-refractivity contribution >= 4 is 11.8 Å². The van der Waals surface area contributed by atoms with Crippen molar-refractivity contribution in [2.75, 3.05) is 6.61 Å². The number of Topliss-reactive ketones (excluding diaryl/α,β-unsaturated/α-hetero) is 1. The number of ketones is 1. The van der Waals surface area contributed by atoms with Crippen LogP contribution in [0.2, 0.25) is 0 Å². The highest BCUT2D eigenvalue weighted by atomic mass is 16.6. The summed E-state index contributed by atoms with van der Waals surface area (Å²) in [5.74, 6) is -0.109. The van der Waals surface area contributed by atoms with Gasteiger partial charge in [-0.25, -0.2) is 4.79 Å². The molecule has 0 fully saturated rings. The fourth-order valence-corrected chi connectivity index (χ4v) is 1.64. The van der Waals surface area contributed by atoms with Crippen LogP contribution in [0, 0.1) is 0 Å². The summed E-state index contributed by atoms with van der Waals surface area (Å²) in [4.78, 5) is 23.2. The number of esters is 1. The van der Waals surface area contributed by atoms with Gasteiger partial charge in [0, 0.05) is 0 Å². The molecule has 0 spiro atoms. The summed E-state index contributed by atoms with van der Waals surface area (Å²) in [6, 6.07) is 6.90. The van der Waals surface area contributed by atoms with Crippen LogP contribution in [0.15, 0.2) is 24.3 Å². The predicted octanol–water partition coefficient (Wildman–Crippen LogP) is 3.00. The zero-order valence-electron chi connectivity index (χ0n) is 11.6. The molecule has 0 aliphatic carbocycles. The van der Waals surface area contributed by atoms with E-state index in [9.17, 15) is 9.59 Å². The summed E-state index contributed by atoms with van der Waals surface area (Å²) in [7, 11) is 0. The Kier molecular flexibility index (Phi) is 6.06. The maximum absolute atomic E-state index is 11.7. The van der Waals surface area contributed by atoms with E-state index in [1.165, 1.54) is 6.42 Å². The third-order valence-electron chi connectivity index (χ3n) is 2.38. The van der Waals surface area contributed by atoms with Gasteiger partial charge in [0.15, 0.2) is 5.78 Å². The molecule has 1 aliphatic heterocycles. The Bertz CT molecular complexity index is 440. The first kappa shape index (κ1) is 15.2. The Morgan fingerprint density at radius 2 is 1.95 bits per heavy atom. The van der Waals surface area contributed by atoms with E-state index < -0.39 is 12.1 Å². The molecule has 0 radical (unpaired) electrons. The summed E-state index contributed by atoms with van der Waals surface area (Å²) >= 11 is 0. The minimum atomic E-state index is -0.803. The van der Waals surface area contributed by atoms with Crippen LogP contribution in [0.4, 0.5) is 0 Å². The molecular weight excluding hydrogens is 244 g/mol. The van der Waals surface area contributed by atoms with Crippen LogP contribution in [-0.4, -0.2) is 24.5 Å². The van der Waals surface area contributed by atoms with Crippen molar-refractivity contribution < 1.29 is 19.1 Å². The van der Waals surface area contributed by atoms with Crippen LogP contribution in [-0.2, 0) is 9.53 Å². The molecule has 0 amide bonds. The minimum absolute atomic E-state index is 0.0514. The van der Waals surface area contributed by atoms with Crippen LogP contribution in [0.1, 0.15) is 44.0 Å². The number of rotatable bonds is 2. The molecule has 0 saturated heterocycles. The lowest BCUT2D eigenvalue weighted by Crippen LogP contribution is -2.35. The smallest absolute Gasteiger partial charge is 0.347 e. The van der Waals surface area contributed by atoms with Crippen LogP contribution >= 0.6 is 0 Å². The summed E-state index contributed by atoms with van der Waals surface area (Å²) in [5, 5.41) is 0. The Labute approximate surface area is 113 Å². The first-order valence-corrected chi connectivity index (χ1v) is 6.59. The van der Waals surface area contributed by atoms with Gasteiger partial charge in [0.1, 0.15) is 5.75 Å². The van der Waals surface area contributed by atoms with Gasteiger partial charge in [-0.3, -0.25) is 4.79 Å². The highest BCUT2D eigenvalue weighted by Gasteiger charge is 2.31. The largest absolute Gasteiger partial charge is 0.477 e. The van der Waals surface area contributed by atoms with Gasteiger partial charge >= 0.3 is 5.97 Å². The molecule has 104 valence electrons. The number of benzene rings is 1. The molecular formula is C15H20O4. The molecule has 1 heterocycles. The molecule has 19 heavy (non-hydrogen) atoms. The Morgan fingerprint density at radius 1 is 1.32 bits per heavy atom. The fourth-order valence-electron chi connectivity index (χ4n) is 1.64. The third kappa shape index (κ3) is 4.09. The van der Waals surface area contributed by atoms with Gasteiger partial charge in [-0.1, -0.05) is 32.4 Å². The number of hydrogen-bond donors (Lipinski definition) is 0. The Balaban J connectivity index is 0.000000550. The number of ether oxygens (including phenoxy) is 2. The molecule has 2 rings (SSSR count). The highest BCUT2D eigenvalue weighted by molar-refractivity contribution is 6.02. The molecule has 4 heteroatoms. The summed E-state index contributed by atoms with van der Waals surface area (Å²) in [6.45, 7) is 6.25.